The number of thiophene rings is 1. The van der Waals surface area contributed by atoms with Crippen LogP contribution in [0, 0.1) is 5.82 Å². The first-order valence-corrected chi connectivity index (χ1v) is 5.00. The summed E-state index contributed by atoms with van der Waals surface area (Å²) < 4.78 is 14.8. The summed E-state index contributed by atoms with van der Waals surface area (Å²) in [6.45, 7) is -0.167. The first-order valence-electron chi connectivity index (χ1n) is 3.73. The maximum Gasteiger partial charge on any atom is 0.132 e. The number of thiol groups is 1. The molecule has 1 N–H and O–H groups in total. The Hall–Kier alpha value is -0.580. The number of halogens is 1. The number of hydrogen-bond donors (Lipinski definition) is 2. The van der Waals surface area contributed by atoms with Gasteiger partial charge < -0.3 is 5.11 Å². The maximum absolute atomic E-state index is 13.3. The summed E-state index contributed by atoms with van der Waals surface area (Å²) in [5.41, 5.74) is 0.585. The molecule has 0 aliphatic carbocycles. The van der Waals surface area contributed by atoms with Gasteiger partial charge in [-0.3, -0.25) is 0 Å². The zero-order valence-electron chi connectivity index (χ0n) is 6.62. The molecule has 0 aliphatic heterocycles. The van der Waals surface area contributed by atoms with E-state index in [4.69, 9.17) is 5.11 Å². The van der Waals surface area contributed by atoms with Gasteiger partial charge in [-0.05, 0) is 12.1 Å². The van der Waals surface area contributed by atoms with Crippen LogP contribution in [0.4, 0.5) is 4.39 Å². The van der Waals surface area contributed by atoms with Gasteiger partial charge in [0, 0.05) is 15.6 Å². The van der Waals surface area contributed by atoms with Crippen LogP contribution in [0.2, 0.25) is 0 Å². The molecule has 13 heavy (non-hydrogen) atoms. The standard InChI is InChI=1S/C9H7FOS2/c10-6-2-1-3-7-8(6)5(4-11)9(12)13-7/h1-3,11-12H,4H2. The molecule has 0 bridgehead atoms. The van der Waals surface area contributed by atoms with Gasteiger partial charge in [0.2, 0.25) is 0 Å². The third kappa shape index (κ3) is 1.35. The van der Waals surface area contributed by atoms with Crippen LogP contribution in [0.3, 0.4) is 0 Å². The molecule has 0 spiro atoms. The number of hydrogen-bond acceptors (Lipinski definition) is 3. The molecule has 0 radical (unpaired) electrons. The van der Waals surface area contributed by atoms with Gasteiger partial charge in [-0.1, -0.05) is 6.07 Å². The van der Waals surface area contributed by atoms with E-state index in [9.17, 15) is 4.39 Å². The van der Waals surface area contributed by atoms with Gasteiger partial charge in [0.25, 0.3) is 0 Å². The van der Waals surface area contributed by atoms with Crippen molar-refractivity contribution in [3.63, 3.8) is 0 Å². The van der Waals surface area contributed by atoms with Crippen LogP contribution in [0.15, 0.2) is 22.4 Å². The average Bonchev–Trinajstić information content (AvgIpc) is 2.42. The highest BCUT2D eigenvalue weighted by Crippen LogP contribution is 2.35. The van der Waals surface area contributed by atoms with E-state index in [0.717, 1.165) is 4.70 Å². The Kier molecular flexibility index (Phi) is 2.27. The highest BCUT2D eigenvalue weighted by molar-refractivity contribution is 7.83. The zero-order chi connectivity index (χ0) is 9.42. The van der Waals surface area contributed by atoms with Gasteiger partial charge in [-0.25, -0.2) is 4.39 Å². The number of fused-ring (bicyclic) bond motifs is 1. The van der Waals surface area contributed by atoms with Crippen LogP contribution in [-0.4, -0.2) is 5.11 Å². The first kappa shape index (κ1) is 8.99. The van der Waals surface area contributed by atoms with Crippen LogP contribution in [0.5, 0.6) is 0 Å². The molecule has 0 amide bonds. The van der Waals surface area contributed by atoms with Crippen LogP contribution < -0.4 is 0 Å². The summed E-state index contributed by atoms with van der Waals surface area (Å²) in [7, 11) is 0. The maximum atomic E-state index is 13.3. The van der Waals surface area contributed by atoms with Crippen molar-refractivity contribution in [2.24, 2.45) is 0 Å². The lowest BCUT2D eigenvalue weighted by atomic mass is 10.2. The Labute approximate surface area is 84.2 Å². The van der Waals surface area contributed by atoms with E-state index in [-0.39, 0.29) is 12.4 Å². The van der Waals surface area contributed by atoms with E-state index < -0.39 is 0 Å². The van der Waals surface area contributed by atoms with Crippen molar-refractivity contribution in [3.05, 3.63) is 29.6 Å². The fourth-order valence-corrected chi connectivity index (χ4v) is 2.75. The topological polar surface area (TPSA) is 20.2 Å². The van der Waals surface area contributed by atoms with E-state index in [1.54, 1.807) is 6.07 Å². The third-order valence-corrected chi connectivity index (χ3v) is 3.44. The lowest BCUT2D eigenvalue weighted by Gasteiger charge is -1.95. The third-order valence-electron chi connectivity index (χ3n) is 1.90. The molecule has 0 unspecified atom stereocenters. The van der Waals surface area contributed by atoms with Gasteiger partial charge >= 0.3 is 0 Å². The quantitative estimate of drug-likeness (QED) is 0.699. The monoisotopic (exact) mass is 214 g/mol. The summed E-state index contributed by atoms with van der Waals surface area (Å²) in [6.07, 6.45) is 0. The number of benzene rings is 1. The van der Waals surface area contributed by atoms with Gasteiger partial charge in [0.1, 0.15) is 5.82 Å². The van der Waals surface area contributed by atoms with Gasteiger partial charge in [0.05, 0.1) is 10.8 Å². The van der Waals surface area contributed by atoms with E-state index in [2.05, 4.69) is 12.6 Å². The van der Waals surface area contributed by atoms with E-state index in [1.165, 1.54) is 17.4 Å². The minimum atomic E-state index is -0.293. The Morgan fingerprint density at radius 2 is 2.23 bits per heavy atom. The Morgan fingerprint density at radius 3 is 2.92 bits per heavy atom. The Morgan fingerprint density at radius 1 is 1.46 bits per heavy atom. The molecule has 0 aliphatic rings. The molecule has 2 aromatic rings. The van der Waals surface area contributed by atoms with Crippen molar-refractivity contribution in [2.75, 3.05) is 0 Å². The summed E-state index contributed by atoms with van der Waals surface area (Å²) >= 11 is 5.56. The minimum absolute atomic E-state index is 0.167. The summed E-state index contributed by atoms with van der Waals surface area (Å²) in [4.78, 5) is 0. The number of aliphatic hydroxyl groups is 1. The predicted octanol–water partition coefficient (Wildman–Crippen LogP) is 2.82. The number of aliphatic hydroxyl groups excluding tert-OH is 1. The van der Waals surface area contributed by atoms with Crippen molar-refractivity contribution < 1.29 is 9.50 Å². The summed E-state index contributed by atoms with van der Waals surface area (Å²) in [5, 5.41) is 9.52. The predicted molar refractivity (Wildman–Crippen MR) is 55.0 cm³/mol. The smallest absolute Gasteiger partial charge is 0.132 e. The lowest BCUT2D eigenvalue weighted by molar-refractivity contribution is 0.281. The van der Waals surface area contributed by atoms with Crippen molar-refractivity contribution in [1.82, 2.24) is 0 Å². The molecule has 1 nitrogen and oxygen atoms in total. The van der Waals surface area contributed by atoms with E-state index in [0.29, 0.717) is 15.2 Å². The fraction of sp³-hybridized carbons (Fsp3) is 0.111. The molecule has 1 heterocycles. The Balaban J connectivity index is 2.88. The Bertz CT molecular complexity index is 450. The summed E-state index contributed by atoms with van der Waals surface area (Å²) in [5.74, 6) is -0.293. The van der Waals surface area contributed by atoms with E-state index in [1.807, 2.05) is 6.07 Å². The second kappa shape index (κ2) is 3.29. The lowest BCUT2D eigenvalue weighted by Crippen LogP contribution is -1.83. The number of rotatable bonds is 1. The molecule has 2 rings (SSSR count). The highest BCUT2D eigenvalue weighted by atomic mass is 32.2. The van der Waals surface area contributed by atoms with Crippen LogP contribution in [0.1, 0.15) is 5.56 Å². The van der Waals surface area contributed by atoms with Gasteiger partial charge in [-0.15, -0.1) is 24.0 Å². The van der Waals surface area contributed by atoms with Crippen LogP contribution >= 0.6 is 24.0 Å². The first-order chi connectivity index (χ1) is 6.24. The largest absolute Gasteiger partial charge is 0.392 e. The second-order valence-electron chi connectivity index (χ2n) is 2.66. The summed E-state index contributed by atoms with van der Waals surface area (Å²) in [6, 6.07) is 4.87. The van der Waals surface area contributed by atoms with Crippen LogP contribution in [0.25, 0.3) is 10.1 Å². The van der Waals surface area contributed by atoms with E-state index >= 15 is 0 Å². The molecule has 0 fully saturated rings. The highest BCUT2D eigenvalue weighted by Gasteiger charge is 2.11. The molecule has 0 atom stereocenters. The van der Waals surface area contributed by atoms with Crippen molar-refractivity contribution in [1.29, 1.82) is 0 Å². The molecule has 1 aromatic carbocycles. The minimum Gasteiger partial charge on any atom is -0.392 e. The second-order valence-corrected chi connectivity index (χ2v) is 4.46. The molecule has 68 valence electrons. The van der Waals surface area contributed by atoms with Gasteiger partial charge in [-0.2, -0.15) is 0 Å². The molecule has 0 saturated heterocycles. The van der Waals surface area contributed by atoms with Crippen molar-refractivity contribution in [2.45, 2.75) is 10.8 Å². The molecule has 1 aromatic heterocycles. The average molecular weight is 214 g/mol. The van der Waals surface area contributed by atoms with Crippen molar-refractivity contribution >= 4 is 34.1 Å². The SMILES string of the molecule is OCc1c(S)sc2cccc(F)c12. The zero-order valence-corrected chi connectivity index (χ0v) is 8.33. The molecular formula is C9H7FOS2. The van der Waals surface area contributed by atoms with Crippen LogP contribution in [-0.2, 0) is 6.61 Å². The fourth-order valence-electron chi connectivity index (χ4n) is 1.30. The van der Waals surface area contributed by atoms with Gasteiger partial charge in [0.15, 0.2) is 0 Å². The molecular weight excluding hydrogens is 207 g/mol. The molecule has 0 saturated carbocycles. The molecule has 4 heteroatoms. The normalized spacial score (nSPS) is 11.0. The van der Waals surface area contributed by atoms with Crippen molar-refractivity contribution in [3.8, 4) is 0 Å².